The monoisotopic (exact) mass is 586 g/mol. The molecule has 37 heavy (non-hydrogen) atoms. The van der Waals surface area contributed by atoms with E-state index in [0.29, 0.717) is 16.7 Å². The second-order valence-electron chi connectivity index (χ2n) is 8.62. The summed E-state index contributed by atoms with van der Waals surface area (Å²) in [7, 11) is -17.6. The first-order valence-corrected chi connectivity index (χ1v) is 16.2. The highest BCUT2D eigenvalue weighted by Crippen LogP contribution is 2.49. The van der Waals surface area contributed by atoms with Crippen LogP contribution >= 0.6 is 8.60 Å². The number of aryl methyl sites for hydroxylation is 6. The lowest BCUT2D eigenvalue weighted by Crippen LogP contribution is -2.14. The van der Waals surface area contributed by atoms with Crippen LogP contribution in [-0.4, -0.2) is 25.3 Å². The van der Waals surface area contributed by atoms with E-state index in [2.05, 4.69) is 0 Å². The minimum absolute atomic E-state index is 0.286. The molecular weight excluding hydrogens is 559 g/mol. The highest BCUT2D eigenvalue weighted by Gasteiger charge is 2.37. The molecule has 0 radical (unpaired) electrons. The first-order valence-electron chi connectivity index (χ1n) is 10.9. The SMILES string of the molecule is Cc1ccc(S(=O)(=O)OP(OS(=O)(=O)c2ccc(C)cc2C)OS(=O)(=O)c2ccc(C)cc2C)c(C)c1. The van der Waals surface area contributed by atoms with Gasteiger partial charge in [-0.15, -0.1) is 0 Å². The summed E-state index contributed by atoms with van der Waals surface area (Å²) in [5, 5.41) is 0. The fourth-order valence-corrected chi connectivity index (χ4v) is 9.56. The summed E-state index contributed by atoms with van der Waals surface area (Å²) in [6.07, 6.45) is 0. The lowest BCUT2D eigenvalue weighted by atomic mass is 10.2. The molecule has 3 aromatic carbocycles. The van der Waals surface area contributed by atoms with E-state index in [4.69, 9.17) is 11.9 Å². The molecule has 0 amide bonds. The normalized spacial score (nSPS) is 12.7. The molecule has 0 heterocycles. The van der Waals surface area contributed by atoms with Gasteiger partial charge in [0, 0.05) is 0 Å². The average molecular weight is 587 g/mol. The zero-order valence-corrected chi connectivity index (χ0v) is 24.4. The highest BCUT2D eigenvalue weighted by molar-refractivity contribution is 7.96. The molecule has 13 heteroatoms. The van der Waals surface area contributed by atoms with Crippen molar-refractivity contribution in [2.75, 3.05) is 0 Å². The van der Waals surface area contributed by atoms with Crippen LogP contribution in [0.4, 0.5) is 0 Å². The summed E-state index contributed by atoms with van der Waals surface area (Å²) < 4.78 is 93.6. The third-order valence-electron chi connectivity index (χ3n) is 5.28. The molecule has 3 rings (SSSR count). The molecule has 3 aromatic rings. The molecule has 0 saturated heterocycles. The molecule has 0 bridgehead atoms. The van der Waals surface area contributed by atoms with E-state index in [-0.39, 0.29) is 14.7 Å². The largest absolute Gasteiger partial charge is 0.381 e. The highest BCUT2D eigenvalue weighted by atomic mass is 32.3. The summed E-state index contributed by atoms with van der Waals surface area (Å²) >= 11 is 0. The third kappa shape index (κ3) is 7.02. The van der Waals surface area contributed by atoms with E-state index in [1.165, 1.54) is 57.2 Å². The zero-order chi connectivity index (χ0) is 27.8. The van der Waals surface area contributed by atoms with Crippen molar-refractivity contribution in [3.05, 3.63) is 88.0 Å². The molecule has 9 nitrogen and oxygen atoms in total. The molecule has 0 unspecified atom stereocenters. The first kappa shape index (κ1) is 29.4. The second kappa shape index (κ2) is 10.9. The van der Waals surface area contributed by atoms with Crippen molar-refractivity contribution in [2.45, 2.75) is 56.2 Å². The Balaban J connectivity index is 2.06. The average Bonchev–Trinajstić information content (AvgIpc) is 2.71. The molecule has 0 aliphatic carbocycles. The number of benzene rings is 3. The molecule has 0 fully saturated rings. The third-order valence-corrected chi connectivity index (χ3v) is 12.1. The maximum Gasteiger partial charge on any atom is 0.381 e. The van der Waals surface area contributed by atoms with Crippen LogP contribution in [0.5, 0.6) is 0 Å². The van der Waals surface area contributed by atoms with Gasteiger partial charge in [0.2, 0.25) is 0 Å². The first-order chi connectivity index (χ1) is 17.0. The summed E-state index contributed by atoms with van der Waals surface area (Å²) in [5.74, 6) is 0. The van der Waals surface area contributed by atoms with E-state index in [1.54, 1.807) is 39.0 Å². The summed E-state index contributed by atoms with van der Waals surface area (Å²) in [6.45, 7) is 9.84. The van der Waals surface area contributed by atoms with E-state index >= 15 is 0 Å². The molecule has 0 aliphatic heterocycles. The molecular formula is C24H27O9PS3. The Kier molecular flexibility index (Phi) is 8.65. The molecule has 200 valence electrons. The van der Waals surface area contributed by atoms with Gasteiger partial charge in [0.05, 0.1) is 14.7 Å². The quantitative estimate of drug-likeness (QED) is 0.307. The summed E-state index contributed by atoms with van der Waals surface area (Å²) in [5.41, 5.74) is 3.27. The Morgan fingerprint density at radius 1 is 0.459 bits per heavy atom. The van der Waals surface area contributed by atoms with E-state index in [0.717, 1.165) is 16.7 Å². The Labute approximate surface area is 219 Å². The maximum atomic E-state index is 13.1. The van der Waals surface area contributed by atoms with Crippen LogP contribution in [0.15, 0.2) is 69.3 Å². The van der Waals surface area contributed by atoms with Gasteiger partial charge in [0.25, 0.3) is 0 Å². The number of hydrogen-bond acceptors (Lipinski definition) is 9. The minimum atomic E-state index is -4.70. The van der Waals surface area contributed by atoms with Gasteiger partial charge in [-0.25, -0.2) is 0 Å². The molecule has 0 aliphatic rings. The van der Waals surface area contributed by atoms with Gasteiger partial charge in [-0.1, -0.05) is 53.1 Å². The van der Waals surface area contributed by atoms with Crippen molar-refractivity contribution in [1.82, 2.24) is 0 Å². The fourth-order valence-electron chi connectivity index (χ4n) is 3.64. The number of hydrogen-bond donors (Lipinski definition) is 0. The Morgan fingerprint density at radius 2 is 0.703 bits per heavy atom. The summed E-state index contributed by atoms with van der Waals surface area (Å²) in [4.78, 5) is -0.859. The van der Waals surface area contributed by atoms with Gasteiger partial charge >= 0.3 is 39.0 Å². The fraction of sp³-hybridized carbons (Fsp3) is 0.250. The predicted molar refractivity (Wildman–Crippen MR) is 139 cm³/mol. The van der Waals surface area contributed by atoms with Crippen LogP contribution in [0.1, 0.15) is 33.4 Å². The van der Waals surface area contributed by atoms with Crippen LogP contribution in [0, 0.1) is 41.5 Å². The van der Waals surface area contributed by atoms with Gasteiger partial charge in [0.1, 0.15) is 0 Å². The molecule has 0 spiro atoms. The molecule has 0 N–H and O–H groups in total. The van der Waals surface area contributed by atoms with Crippen LogP contribution in [0.3, 0.4) is 0 Å². The van der Waals surface area contributed by atoms with E-state index < -0.39 is 39.0 Å². The van der Waals surface area contributed by atoms with E-state index in [1.807, 2.05) is 0 Å². The number of rotatable bonds is 9. The van der Waals surface area contributed by atoms with Crippen molar-refractivity contribution in [1.29, 1.82) is 0 Å². The zero-order valence-electron chi connectivity index (χ0n) is 21.0. The van der Waals surface area contributed by atoms with Crippen LogP contribution in [0.2, 0.25) is 0 Å². The maximum absolute atomic E-state index is 13.1. The van der Waals surface area contributed by atoms with Crippen molar-refractivity contribution in [3.63, 3.8) is 0 Å². The van der Waals surface area contributed by atoms with Crippen molar-refractivity contribution in [3.8, 4) is 0 Å². The van der Waals surface area contributed by atoms with Crippen molar-refractivity contribution in [2.24, 2.45) is 0 Å². The lowest BCUT2D eigenvalue weighted by Gasteiger charge is -2.18. The van der Waals surface area contributed by atoms with E-state index in [9.17, 15) is 25.3 Å². The summed E-state index contributed by atoms with van der Waals surface area (Å²) in [6, 6.07) is 13.1. The van der Waals surface area contributed by atoms with Crippen molar-refractivity contribution < 1.29 is 37.2 Å². The van der Waals surface area contributed by atoms with Crippen LogP contribution < -0.4 is 0 Å². The Morgan fingerprint density at radius 3 is 0.919 bits per heavy atom. The second-order valence-corrected chi connectivity index (χ2v) is 14.9. The Bertz CT molecular complexity index is 1460. The standard InChI is InChI=1S/C24H27O9PS3/c1-16-7-10-22(19(4)13-16)35(25,26)31-34(32-36(27,28)23-11-8-17(2)14-20(23)5)33-37(29,30)24-12-9-18(3)15-21(24)6/h7-15H,1-6H3. The topological polar surface area (TPSA) is 130 Å². The van der Waals surface area contributed by atoms with Gasteiger partial charge in [-0.3, -0.25) is 0 Å². The predicted octanol–water partition coefficient (Wildman–Crippen LogP) is 5.28. The van der Waals surface area contributed by atoms with Crippen LogP contribution in [0.25, 0.3) is 0 Å². The van der Waals surface area contributed by atoms with Gasteiger partial charge in [-0.05, 0) is 76.4 Å². The van der Waals surface area contributed by atoms with Gasteiger partial charge < -0.3 is 0 Å². The smallest absolute Gasteiger partial charge is 0.194 e. The molecule has 0 saturated carbocycles. The lowest BCUT2D eigenvalue weighted by molar-refractivity contribution is 0.379. The van der Waals surface area contributed by atoms with Crippen molar-refractivity contribution >= 4 is 39.0 Å². The minimum Gasteiger partial charge on any atom is -0.194 e. The molecule has 0 atom stereocenters. The van der Waals surface area contributed by atoms with Gasteiger partial charge in [0.15, 0.2) is 0 Å². The Hall–Kier alpha value is -2.18. The van der Waals surface area contributed by atoms with Crippen LogP contribution in [-0.2, 0) is 42.3 Å². The molecule has 0 aromatic heterocycles. The van der Waals surface area contributed by atoms with Gasteiger partial charge in [-0.2, -0.15) is 37.2 Å².